The van der Waals surface area contributed by atoms with Gasteiger partial charge in [0.05, 0.1) is 73.7 Å². The lowest BCUT2D eigenvalue weighted by Crippen LogP contribution is -2.61. The van der Waals surface area contributed by atoms with Gasteiger partial charge in [-0.1, -0.05) is 143 Å². The Morgan fingerprint density at radius 3 is 1.13 bits per heavy atom. The lowest BCUT2D eigenvalue weighted by Gasteiger charge is -2.60. The second-order valence-corrected chi connectivity index (χ2v) is 50.7. The number of aromatic nitrogens is 6. The van der Waals surface area contributed by atoms with E-state index < -0.39 is 68.5 Å². The molecule has 28 atom stereocenters. The molecule has 16 aliphatic rings. The molecule has 12 saturated carbocycles. The van der Waals surface area contributed by atoms with Gasteiger partial charge in [-0.2, -0.15) is 0 Å². The fraction of sp³-hybridized carbons (Fsp3) is 0.639. The number of imidazole rings is 1. The van der Waals surface area contributed by atoms with Gasteiger partial charge in [0.1, 0.15) is 22.4 Å². The molecule has 0 aliphatic heterocycles. The molecule has 2 aromatic carbocycles. The van der Waals surface area contributed by atoms with Crippen molar-refractivity contribution in [2.75, 3.05) is 28.7 Å². The van der Waals surface area contributed by atoms with Crippen LogP contribution in [-0.4, -0.2) is 186 Å². The van der Waals surface area contributed by atoms with Crippen LogP contribution in [0.3, 0.4) is 0 Å². The van der Waals surface area contributed by atoms with Crippen molar-refractivity contribution in [2.24, 2.45) is 121 Å². The first-order chi connectivity index (χ1) is 64.5. The first-order valence-electron chi connectivity index (χ1n) is 50.0. The number of carbonyl (C=O) groups excluding carboxylic acids is 8. The van der Waals surface area contributed by atoms with Crippen molar-refractivity contribution in [3.63, 3.8) is 0 Å². The molecule has 4 heterocycles. The number of Topliss-reactive ketones (excluding diaryl/α,β-unsaturated/α-hetero) is 4. The van der Waals surface area contributed by atoms with Crippen LogP contribution in [0.25, 0.3) is 21.3 Å². The summed E-state index contributed by atoms with van der Waals surface area (Å²) in [5, 5.41) is 95.6. The molecule has 0 amide bonds. The quantitative estimate of drug-likeness (QED) is 0.0247. The van der Waals surface area contributed by atoms with Crippen LogP contribution in [0.4, 0.5) is 5.69 Å². The number of aryl methyl sites for hydroxylation is 1. The summed E-state index contributed by atoms with van der Waals surface area (Å²) in [5.74, 6) is 2.93. The van der Waals surface area contributed by atoms with E-state index in [1.807, 2.05) is 124 Å². The van der Waals surface area contributed by atoms with E-state index >= 15 is 0 Å². The summed E-state index contributed by atoms with van der Waals surface area (Å²) >= 11 is 6.89. The molecule has 6 aromatic rings. The number of thioether (sulfide) groups is 4. The van der Waals surface area contributed by atoms with Gasteiger partial charge in [0, 0.05) is 78.7 Å². The fourth-order valence-electron chi connectivity index (χ4n) is 32.6. The average Bonchev–Trinajstić information content (AvgIpc) is 1.60. The maximum Gasteiger partial charge on any atom is 0.187 e. The number of nitrogens with two attached hydrogens (primary N) is 1. The van der Waals surface area contributed by atoms with Crippen molar-refractivity contribution in [3.05, 3.63) is 132 Å². The second-order valence-electron chi connectivity index (χ2n) is 45.6. The van der Waals surface area contributed by atoms with E-state index in [4.69, 9.17) is 5.73 Å². The molecule has 0 saturated heterocycles. The average molecular weight is 1950 g/mol. The fourth-order valence-corrected chi connectivity index (χ4v) is 37.3. The van der Waals surface area contributed by atoms with Gasteiger partial charge in [0.25, 0.3) is 0 Å². The molecule has 12 fully saturated rings. The van der Waals surface area contributed by atoms with Crippen molar-refractivity contribution >= 4 is 132 Å². The van der Waals surface area contributed by atoms with Crippen LogP contribution in [0.5, 0.6) is 0 Å². The normalized spacial score (nSPS) is 41.4. The van der Waals surface area contributed by atoms with Gasteiger partial charge in [-0.3, -0.25) is 38.4 Å². The van der Waals surface area contributed by atoms with Crippen LogP contribution >= 0.6 is 58.4 Å². The Balaban J connectivity index is 0.000000116. The molecule has 10 N–H and O–H groups in total. The molecule has 23 nitrogen and oxygen atoms in total. The number of benzene rings is 2. The van der Waals surface area contributed by atoms with Crippen LogP contribution in [-0.2, 0) is 45.4 Å². The van der Waals surface area contributed by atoms with Crippen LogP contribution in [0.15, 0.2) is 152 Å². The second kappa shape index (κ2) is 36.3. The predicted molar refractivity (Wildman–Crippen MR) is 526 cm³/mol. The van der Waals surface area contributed by atoms with Crippen molar-refractivity contribution in [3.8, 4) is 0 Å². The topological polar surface area (TPSA) is 394 Å². The minimum absolute atomic E-state index is 0.0747. The number of allylic oxidation sites excluding steroid dienone is 4. The highest BCUT2D eigenvalue weighted by atomic mass is 32.2. The zero-order valence-corrected chi connectivity index (χ0v) is 84.0. The van der Waals surface area contributed by atoms with Crippen LogP contribution in [0.2, 0.25) is 0 Å². The SMILES string of the molecule is CC12CCC(=O)C=C1CCC1C2[C@@H](O)CC2(C)C1CC[C@]2(O)C(=O)CSc1ccccn1.CC12CCC(=O)C=C1CCC1C2[C@@H](O)CC2(C)C1CC[C@]2(O)C(=O)CSc1nc2ccc(N)cc2s1.CC12CCC(=O)C=C1CCC1C2[C@@H](O)CC2(C)C1CC[C@]2(O)C(=O)CSc1ncccn1.Cn1c(SCC(=O)[C@@]2(O)CCC3C4CCC5=CC(=O)CCC5(C)C4[C@@H](O)CC32C)nc2ccccc21. The van der Waals surface area contributed by atoms with Crippen molar-refractivity contribution < 1.29 is 79.2 Å². The number of rotatable bonds is 16. The number of aliphatic hydroxyl groups is 8. The Kier molecular flexibility index (Phi) is 26.1. The molecule has 0 bridgehead atoms. The first-order valence-corrected chi connectivity index (χ1v) is 54.7. The lowest BCUT2D eigenvalue weighted by atomic mass is 9.45. The van der Waals surface area contributed by atoms with E-state index in [0.717, 1.165) is 139 Å². The Hall–Kier alpha value is -6.77. The van der Waals surface area contributed by atoms with Gasteiger partial charge in [-0.15, -0.1) is 11.3 Å². The summed E-state index contributed by atoms with van der Waals surface area (Å²) in [6, 6.07) is 20.8. The number of para-hydroxylation sites is 2. The first kappa shape index (κ1) is 98.0. The molecular weight excluding hydrogens is 1810 g/mol. The highest BCUT2D eigenvalue weighted by Crippen LogP contribution is 2.74. The molecular formula is C108H135N7O16S5. The third-order valence-electron chi connectivity index (χ3n) is 39.7. The molecule has 136 heavy (non-hydrogen) atoms. The largest absolute Gasteiger partial charge is 0.399 e. The van der Waals surface area contributed by atoms with Gasteiger partial charge in [-0.05, 0) is 320 Å². The summed E-state index contributed by atoms with van der Waals surface area (Å²) in [7, 11) is 1.95. The van der Waals surface area contributed by atoms with Gasteiger partial charge in [0.15, 0.2) is 60.9 Å². The summed E-state index contributed by atoms with van der Waals surface area (Å²) in [5.41, 5.74) is 5.15. The number of thiazole rings is 1. The number of fused-ring (bicyclic) bond motifs is 22. The lowest BCUT2D eigenvalue weighted by molar-refractivity contribution is -0.179. The minimum Gasteiger partial charge on any atom is -0.399 e. The summed E-state index contributed by atoms with van der Waals surface area (Å²) < 4.78 is 3.78. The highest BCUT2D eigenvalue weighted by Gasteiger charge is 2.74. The number of hydrogen-bond donors (Lipinski definition) is 9. The van der Waals surface area contributed by atoms with Gasteiger partial charge < -0.3 is 51.2 Å². The van der Waals surface area contributed by atoms with E-state index in [1.165, 1.54) is 80.7 Å². The third-order valence-corrected chi connectivity index (χ3v) is 44.7. The van der Waals surface area contributed by atoms with Crippen LogP contribution in [0.1, 0.15) is 235 Å². The maximum atomic E-state index is 13.7. The Labute approximate surface area is 818 Å². The number of nitrogens with zero attached hydrogens (tertiary/aromatic N) is 6. The number of nitrogen functional groups attached to an aromatic ring is 1. The highest BCUT2D eigenvalue weighted by molar-refractivity contribution is 8.01. The Bertz CT molecular complexity index is 5750. The zero-order chi connectivity index (χ0) is 96.4. The smallest absolute Gasteiger partial charge is 0.187 e. The van der Waals surface area contributed by atoms with E-state index in [-0.39, 0.29) is 162 Å². The standard InChI is InChI=1S/C29H36N2O4S.C28H34N2O4S2.C26H33NO4S.C25H32N2O4S/c1-27-12-10-18(32)14-17(27)8-9-19-20-11-13-29(35,28(20,2)15-23(33)25(19)27)24(34)16-36-26-30-21-6-4-5-7-22(21)31(26)3;1-26-9-7-17(31)11-15(26)3-5-18-19-8-10-28(34,27(19,2)13-21(32)24(18)26)23(33)14-35-25-30-20-6-4-16(29)12-22(20)36-25;1-24-10-8-17(28)13-16(24)6-7-18-19-9-11-26(31,25(19,2)14-20(29)23(18)24)21(30)15-32-22-5-3-4-12-27-22;1-23-8-6-16(28)12-15(23)4-5-17-18-7-9-25(31,24(18,2)13-19(29)21(17)23)20(30)14-32-22-26-10-3-11-27-22/h4-7,14,19-20,23,25,33,35H,8-13,15-16H2,1-3H3;4,6,11-12,18-19,21,24,32,34H,3,5,7-10,13-14,29H2,1-2H3;3-5,12-13,18-20,23,29,31H,6-11,14-15H2,1-2H3;3,10-12,17-19,21,29,31H,4-9,13-14H2,1-2H3/t19?,20?,23-,25?,27?,28?,29-;18?,19?,21-,24?,26?,27?,28-;18?,19?,20-,23?,24?,25?,26-;17?,18?,19-,21?,23?,24?,25-/m0000/s1. The maximum absolute atomic E-state index is 13.7. The number of aliphatic hydroxyl groups excluding tert-OH is 4. The molecule has 22 rings (SSSR count). The molecule has 0 spiro atoms. The van der Waals surface area contributed by atoms with Gasteiger partial charge in [-0.25, -0.2) is 24.9 Å². The van der Waals surface area contributed by atoms with E-state index in [2.05, 4.69) is 52.6 Å². The number of hydrogen-bond acceptors (Lipinski definition) is 27. The molecule has 20 unspecified atom stereocenters. The van der Waals surface area contributed by atoms with E-state index in [1.54, 1.807) is 24.7 Å². The molecule has 28 heteroatoms. The monoisotopic (exact) mass is 1950 g/mol. The molecule has 0 radical (unpaired) electrons. The third kappa shape index (κ3) is 15.9. The van der Waals surface area contributed by atoms with Crippen LogP contribution in [0, 0.1) is 114 Å². The van der Waals surface area contributed by atoms with Crippen molar-refractivity contribution in [1.82, 2.24) is 29.5 Å². The summed E-state index contributed by atoms with van der Waals surface area (Å²) in [6.07, 6.45) is 29.1. The Morgan fingerprint density at radius 2 is 0.757 bits per heavy atom. The number of pyridine rings is 1. The van der Waals surface area contributed by atoms with Gasteiger partial charge >= 0.3 is 0 Å². The van der Waals surface area contributed by atoms with E-state index in [9.17, 15) is 79.2 Å². The summed E-state index contributed by atoms with van der Waals surface area (Å²) in [6.45, 7) is 17.0. The number of anilines is 1. The van der Waals surface area contributed by atoms with Crippen molar-refractivity contribution in [2.45, 2.75) is 302 Å². The summed E-state index contributed by atoms with van der Waals surface area (Å²) in [4.78, 5) is 124. The molecule has 4 aromatic heterocycles. The number of ketones is 8. The molecule has 16 aliphatic carbocycles. The van der Waals surface area contributed by atoms with Crippen molar-refractivity contribution in [1.29, 1.82) is 0 Å². The van der Waals surface area contributed by atoms with Crippen LogP contribution < -0.4 is 5.73 Å². The Morgan fingerprint density at radius 1 is 0.404 bits per heavy atom. The van der Waals surface area contributed by atoms with E-state index in [0.29, 0.717) is 87.9 Å². The number of carbonyl (C=O) groups is 8. The predicted octanol–water partition coefficient (Wildman–Crippen LogP) is 16.6. The molecule has 728 valence electrons. The van der Waals surface area contributed by atoms with Gasteiger partial charge in [0.2, 0.25) is 0 Å². The minimum atomic E-state index is -1.45. The zero-order valence-electron chi connectivity index (χ0n) is 79.9.